The maximum Gasteiger partial charge on any atom is 0.401 e. The molecule has 0 atom stereocenters. The first-order valence-electron chi connectivity index (χ1n) is 9.43. The molecule has 11 heteroatoms. The number of hydrogen-bond donors (Lipinski definition) is 0. The van der Waals surface area contributed by atoms with E-state index in [2.05, 4.69) is 0 Å². The summed E-state index contributed by atoms with van der Waals surface area (Å²) >= 11 is 0. The number of carbonyl (C=O) groups is 1. The van der Waals surface area contributed by atoms with Crippen LogP contribution in [0.1, 0.15) is 16.8 Å². The zero-order valence-electron chi connectivity index (χ0n) is 15.9. The molecule has 0 spiro atoms. The van der Waals surface area contributed by atoms with E-state index in [0.717, 1.165) is 0 Å². The van der Waals surface area contributed by atoms with Gasteiger partial charge >= 0.3 is 6.18 Å². The largest absolute Gasteiger partial charge is 0.401 e. The van der Waals surface area contributed by atoms with Gasteiger partial charge in [-0.05, 0) is 30.7 Å². The lowest BCUT2D eigenvalue weighted by Gasteiger charge is -2.26. The summed E-state index contributed by atoms with van der Waals surface area (Å²) in [5, 5.41) is 0. The number of ether oxygens (including phenoxy) is 1. The van der Waals surface area contributed by atoms with Gasteiger partial charge in [0.2, 0.25) is 10.0 Å². The van der Waals surface area contributed by atoms with Crippen molar-refractivity contribution in [3.63, 3.8) is 0 Å². The fourth-order valence-electron chi connectivity index (χ4n) is 3.47. The molecule has 162 valence electrons. The maximum absolute atomic E-state index is 12.7. The smallest absolute Gasteiger partial charge is 0.379 e. The van der Waals surface area contributed by atoms with E-state index in [1.807, 2.05) is 0 Å². The Morgan fingerprint density at radius 3 is 2.24 bits per heavy atom. The molecule has 7 nitrogen and oxygen atoms in total. The molecule has 0 saturated carbocycles. The van der Waals surface area contributed by atoms with Crippen molar-refractivity contribution in [3.05, 3.63) is 29.8 Å². The van der Waals surface area contributed by atoms with Gasteiger partial charge in [-0.1, -0.05) is 0 Å². The molecular formula is C18H24F3N3O4S. The van der Waals surface area contributed by atoms with Gasteiger partial charge in [0.05, 0.1) is 24.7 Å². The summed E-state index contributed by atoms with van der Waals surface area (Å²) in [6.45, 7) is 1.25. The van der Waals surface area contributed by atoms with Crippen molar-refractivity contribution in [2.45, 2.75) is 17.5 Å². The van der Waals surface area contributed by atoms with Crippen molar-refractivity contribution in [3.8, 4) is 0 Å². The first-order valence-corrected chi connectivity index (χ1v) is 10.9. The fraction of sp³-hybridized carbons (Fsp3) is 0.611. The Labute approximate surface area is 168 Å². The summed E-state index contributed by atoms with van der Waals surface area (Å²) in [6, 6.07) is 5.69. The van der Waals surface area contributed by atoms with Crippen LogP contribution in [0.15, 0.2) is 29.2 Å². The molecule has 2 aliphatic heterocycles. The van der Waals surface area contributed by atoms with Crippen molar-refractivity contribution >= 4 is 15.9 Å². The van der Waals surface area contributed by atoms with Gasteiger partial charge in [0, 0.05) is 44.8 Å². The lowest BCUT2D eigenvalue weighted by Crippen LogP contribution is -2.40. The topological polar surface area (TPSA) is 70.2 Å². The van der Waals surface area contributed by atoms with Gasteiger partial charge in [-0.15, -0.1) is 0 Å². The minimum atomic E-state index is -4.26. The van der Waals surface area contributed by atoms with Gasteiger partial charge in [-0.2, -0.15) is 17.5 Å². The number of sulfonamides is 1. The number of amides is 1. The Morgan fingerprint density at radius 2 is 1.62 bits per heavy atom. The predicted molar refractivity (Wildman–Crippen MR) is 99.0 cm³/mol. The minimum absolute atomic E-state index is 0.100. The van der Waals surface area contributed by atoms with E-state index in [9.17, 15) is 26.4 Å². The minimum Gasteiger partial charge on any atom is -0.379 e. The van der Waals surface area contributed by atoms with E-state index in [-0.39, 0.29) is 43.5 Å². The second-order valence-electron chi connectivity index (χ2n) is 7.08. The van der Waals surface area contributed by atoms with E-state index in [1.165, 1.54) is 38.4 Å². The second-order valence-corrected chi connectivity index (χ2v) is 9.02. The summed E-state index contributed by atoms with van der Waals surface area (Å²) in [7, 11) is -3.64. The molecule has 29 heavy (non-hydrogen) atoms. The highest BCUT2D eigenvalue weighted by Gasteiger charge is 2.32. The molecule has 0 unspecified atom stereocenters. The Kier molecular flexibility index (Phi) is 6.82. The van der Waals surface area contributed by atoms with Gasteiger partial charge in [-0.25, -0.2) is 8.42 Å². The van der Waals surface area contributed by atoms with Crippen LogP contribution in [0.2, 0.25) is 0 Å². The molecule has 1 amide bonds. The first kappa shape index (κ1) is 22.0. The quantitative estimate of drug-likeness (QED) is 0.716. The summed E-state index contributed by atoms with van der Waals surface area (Å²) in [6.07, 6.45) is -3.81. The molecule has 3 rings (SSSR count). The SMILES string of the molecule is O=C(c1ccc(S(=O)(=O)N2CCOCC2)cc1)N1CCCN(CC(F)(F)F)CC1. The van der Waals surface area contributed by atoms with Gasteiger partial charge in [0.25, 0.3) is 5.91 Å². The average Bonchev–Trinajstić information content (AvgIpc) is 2.92. The van der Waals surface area contributed by atoms with Crippen LogP contribution in [-0.2, 0) is 14.8 Å². The Balaban J connectivity index is 1.64. The monoisotopic (exact) mass is 435 g/mol. The number of halogens is 3. The normalized spacial score (nSPS) is 20.4. The van der Waals surface area contributed by atoms with Gasteiger partial charge in [0.1, 0.15) is 0 Å². The molecule has 0 aliphatic carbocycles. The molecule has 0 N–H and O–H groups in total. The Morgan fingerprint density at radius 1 is 0.966 bits per heavy atom. The molecule has 2 saturated heterocycles. The van der Waals surface area contributed by atoms with Crippen molar-refractivity contribution in [1.29, 1.82) is 0 Å². The zero-order chi connectivity index (χ0) is 21.1. The van der Waals surface area contributed by atoms with Crippen LogP contribution >= 0.6 is 0 Å². The van der Waals surface area contributed by atoms with Crippen LogP contribution in [0.4, 0.5) is 13.2 Å². The molecule has 0 aromatic heterocycles. The number of nitrogens with zero attached hydrogens (tertiary/aromatic N) is 3. The lowest BCUT2D eigenvalue weighted by molar-refractivity contribution is -0.145. The number of alkyl halides is 3. The maximum atomic E-state index is 12.7. The van der Waals surface area contributed by atoms with Gasteiger partial charge < -0.3 is 9.64 Å². The molecule has 1 aromatic rings. The van der Waals surface area contributed by atoms with Crippen molar-refractivity contribution in [1.82, 2.24) is 14.1 Å². The molecule has 2 fully saturated rings. The number of morpholine rings is 1. The van der Waals surface area contributed by atoms with Crippen LogP contribution in [0, 0.1) is 0 Å². The van der Waals surface area contributed by atoms with Crippen LogP contribution in [0.3, 0.4) is 0 Å². The fourth-order valence-corrected chi connectivity index (χ4v) is 4.88. The average molecular weight is 435 g/mol. The lowest BCUT2D eigenvalue weighted by atomic mass is 10.2. The number of carbonyl (C=O) groups excluding carboxylic acids is 1. The molecule has 2 aliphatic rings. The molecule has 1 aromatic carbocycles. The van der Waals surface area contributed by atoms with E-state index in [0.29, 0.717) is 31.7 Å². The third-order valence-corrected chi connectivity index (χ3v) is 6.90. The summed E-state index contributed by atoms with van der Waals surface area (Å²) in [4.78, 5) is 15.6. The zero-order valence-corrected chi connectivity index (χ0v) is 16.7. The highest BCUT2D eigenvalue weighted by Crippen LogP contribution is 2.20. The number of rotatable bonds is 4. The predicted octanol–water partition coefficient (Wildman–Crippen LogP) is 1.42. The van der Waals surface area contributed by atoms with Crippen molar-refractivity contribution in [2.24, 2.45) is 0 Å². The molecule has 2 heterocycles. The van der Waals surface area contributed by atoms with E-state index in [4.69, 9.17) is 4.74 Å². The van der Waals surface area contributed by atoms with E-state index in [1.54, 1.807) is 0 Å². The third-order valence-electron chi connectivity index (χ3n) is 4.99. The van der Waals surface area contributed by atoms with Crippen LogP contribution in [-0.4, -0.2) is 93.6 Å². The third kappa shape index (κ3) is 5.68. The first-order chi connectivity index (χ1) is 13.7. The standard InChI is InChI=1S/C18H24F3N3O4S/c19-18(20,21)14-22-6-1-7-23(9-8-22)17(25)15-2-4-16(5-3-15)29(26,27)24-10-12-28-13-11-24/h2-5H,1,6-14H2. The second kappa shape index (κ2) is 8.99. The van der Waals surface area contributed by atoms with Crippen LogP contribution < -0.4 is 0 Å². The Hall–Kier alpha value is -1.69. The van der Waals surface area contributed by atoms with E-state index < -0.39 is 22.7 Å². The highest BCUT2D eigenvalue weighted by molar-refractivity contribution is 7.89. The molecule has 0 radical (unpaired) electrons. The van der Waals surface area contributed by atoms with E-state index >= 15 is 0 Å². The highest BCUT2D eigenvalue weighted by atomic mass is 32.2. The summed E-state index contributed by atoms with van der Waals surface area (Å²) < 4.78 is 69.5. The number of hydrogen-bond acceptors (Lipinski definition) is 5. The molecule has 0 bridgehead atoms. The van der Waals surface area contributed by atoms with Crippen LogP contribution in [0.25, 0.3) is 0 Å². The van der Waals surface area contributed by atoms with Crippen molar-refractivity contribution in [2.75, 3.05) is 59.0 Å². The number of benzene rings is 1. The van der Waals surface area contributed by atoms with Crippen LogP contribution in [0.5, 0.6) is 0 Å². The summed E-state index contributed by atoms with van der Waals surface area (Å²) in [5.74, 6) is -0.311. The van der Waals surface area contributed by atoms with Crippen molar-refractivity contribution < 1.29 is 31.1 Å². The summed E-state index contributed by atoms with van der Waals surface area (Å²) in [5.41, 5.74) is 0.315. The molecular weight excluding hydrogens is 411 g/mol. The Bertz CT molecular complexity index is 809. The van der Waals surface area contributed by atoms with Gasteiger partial charge in [0.15, 0.2) is 0 Å². The van der Waals surface area contributed by atoms with Gasteiger partial charge in [-0.3, -0.25) is 9.69 Å².